The summed E-state index contributed by atoms with van der Waals surface area (Å²) >= 11 is 0. The van der Waals surface area contributed by atoms with Crippen LogP contribution in [0, 0.1) is 5.92 Å². The van der Waals surface area contributed by atoms with Crippen LogP contribution in [0.4, 0.5) is 19.3 Å². The van der Waals surface area contributed by atoms with Gasteiger partial charge in [0.2, 0.25) is 5.92 Å². The van der Waals surface area contributed by atoms with E-state index in [4.69, 9.17) is 0 Å². The monoisotopic (exact) mass is 417 g/mol. The highest BCUT2D eigenvalue weighted by Gasteiger charge is 2.39. The van der Waals surface area contributed by atoms with Gasteiger partial charge in [0.1, 0.15) is 11.8 Å². The van der Waals surface area contributed by atoms with Crippen molar-refractivity contribution in [1.82, 2.24) is 19.8 Å². The van der Waals surface area contributed by atoms with Crippen molar-refractivity contribution in [2.75, 3.05) is 37.6 Å². The molecule has 3 fully saturated rings. The molecule has 0 bridgehead atoms. The molecular formula is C22H29F2N5O. The Morgan fingerprint density at radius 1 is 1.23 bits per heavy atom. The van der Waals surface area contributed by atoms with Gasteiger partial charge in [-0.15, -0.1) is 0 Å². The zero-order valence-corrected chi connectivity index (χ0v) is 17.2. The second-order valence-corrected chi connectivity index (χ2v) is 9.02. The molecule has 2 atom stereocenters. The molecule has 3 heterocycles. The molecular weight excluding hydrogens is 388 g/mol. The molecule has 3 aliphatic rings. The molecule has 30 heavy (non-hydrogen) atoms. The first-order chi connectivity index (χ1) is 14.5. The number of hydrogen-bond donors (Lipinski definition) is 1. The van der Waals surface area contributed by atoms with E-state index in [9.17, 15) is 13.6 Å². The van der Waals surface area contributed by atoms with Crippen LogP contribution >= 0.6 is 0 Å². The SMILES string of the molecule is O=C(NCCC1CCC(F)(F)C1)n1cnc2c(N3CCN4CCCC4C3)cccc21. The van der Waals surface area contributed by atoms with E-state index in [0.717, 1.165) is 36.4 Å². The van der Waals surface area contributed by atoms with Crippen molar-refractivity contribution in [3.63, 3.8) is 0 Å². The number of carbonyl (C=O) groups excluding carboxylic acids is 1. The fourth-order valence-corrected chi connectivity index (χ4v) is 5.41. The van der Waals surface area contributed by atoms with Crippen molar-refractivity contribution in [2.45, 2.75) is 50.5 Å². The number of hydrogen-bond acceptors (Lipinski definition) is 4. The summed E-state index contributed by atoms with van der Waals surface area (Å²) in [5.74, 6) is -2.55. The summed E-state index contributed by atoms with van der Waals surface area (Å²) in [4.78, 5) is 22.2. The van der Waals surface area contributed by atoms with Crippen LogP contribution in [0.1, 0.15) is 38.5 Å². The van der Waals surface area contributed by atoms with Gasteiger partial charge < -0.3 is 10.2 Å². The van der Waals surface area contributed by atoms with Gasteiger partial charge in [-0.25, -0.2) is 18.6 Å². The zero-order chi connectivity index (χ0) is 20.7. The topological polar surface area (TPSA) is 53.4 Å². The van der Waals surface area contributed by atoms with Crippen LogP contribution in [-0.2, 0) is 0 Å². The van der Waals surface area contributed by atoms with E-state index in [1.165, 1.54) is 24.0 Å². The van der Waals surface area contributed by atoms with Gasteiger partial charge in [0.15, 0.2) is 0 Å². The lowest BCUT2D eigenvalue weighted by atomic mass is 10.0. The van der Waals surface area contributed by atoms with Crippen LogP contribution in [0.5, 0.6) is 0 Å². The third-order valence-corrected chi connectivity index (χ3v) is 7.04. The second-order valence-electron chi connectivity index (χ2n) is 9.02. The normalized spacial score (nSPS) is 26.3. The van der Waals surface area contributed by atoms with Crippen LogP contribution < -0.4 is 10.2 Å². The van der Waals surface area contributed by atoms with E-state index >= 15 is 0 Å². The highest BCUT2D eigenvalue weighted by atomic mass is 19.3. The number of benzene rings is 1. The smallest absolute Gasteiger partial charge is 0.327 e. The average molecular weight is 418 g/mol. The second kappa shape index (κ2) is 7.80. The van der Waals surface area contributed by atoms with Gasteiger partial charge in [-0.2, -0.15) is 0 Å². The summed E-state index contributed by atoms with van der Waals surface area (Å²) in [6, 6.07) is 6.34. The van der Waals surface area contributed by atoms with Crippen LogP contribution in [0.2, 0.25) is 0 Å². The van der Waals surface area contributed by atoms with E-state index in [-0.39, 0.29) is 24.8 Å². The van der Waals surface area contributed by atoms with Gasteiger partial charge in [-0.05, 0) is 50.3 Å². The van der Waals surface area contributed by atoms with E-state index < -0.39 is 5.92 Å². The molecule has 0 radical (unpaired) electrons. The van der Waals surface area contributed by atoms with Gasteiger partial charge in [-0.3, -0.25) is 9.47 Å². The predicted molar refractivity (Wildman–Crippen MR) is 112 cm³/mol. The molecule has 2 aliphatic heterocycles. The van der Waals surface area contributed by atoms with Gasteiger partial charge in [0, 0.05) is 45.1 Å². The molecule has 1 amide bonds. The fraction of sp³-hybridized carbons (Fsp3) is 0.636. The third kappa shape index (κ3) is 3.77. The number of rotatable bonds is 4. The Balaban J connectivity index is 1.26. The number of imidazole rings is 1. The molecule has 2 aromatic rings. The van der Waals surface area contributed by atoms with Crippen LogP contribution in [-0.4, -0.2) is 65.2 Å². The number of fused-ring (bicyclic) bond motifs is 2. The largest absolute Gasteiger partial charge is 0.367 e. The van der Waals surface area contributed by atoms with E-state index in [2.05, 4.69) is 26.2 Å². The van der Waals surface area contributed by atoms with E-state index in [1.807, 2.05) is 12.1 Å². The number of para-hydroxylation sites is 1. The lowest BCUT2D eigenvalue weighted by Crippen LogP contribution is -2.50. The zero-order valence-electron chi connectivity index (χ0n) is 17.2. The Hall–Kier alpha value is -2.22. The summed E-state index contributed by atoms with van der Waals surface area (Å²) in [5.41, 5.74) is 2.71. The number of amides is 1. The van der Waals surface area contributed by atoms with Gasteiger partial charge in [0.25, 0.3) is 0 Å². The Labute approximate surface area is 175 Å². The first kappa shape index (κ1) is 19.7. The minimum Gasteiger partial charge on any atom is -0.367 e. The molecule has 1 aromatic heterocycles. The summed E-state index contributed by atoms with van der Waals surface area (Å²) in [6.45, 7) is 4.66. The lowest BCUT2D eigenvalue weighted by molar-refractivity contribution is 0.00478. The summed E-state index contributed by atoms with van der Waals surface area (Å²) in [5, 5.41) is 2.88. The molecule has 2 unspecified atom stereocenters. The number of aromatic nitrogens is 2. The Kier molecular flexibility index (Phi) is 5.13. The van der Waals surface area contributed by atoms with Crippen molar-refractivity contribution in [3.8, 4) is 0 Å². The van der Waals surface area contributed by atoms with Crippen LogP contribution in [0.3, 0.4) is 0 Å². The first-order valence-electron chi connectivity index (χ1n) is 11.1. The highest BCUT2D eigenvalue weighted by Crippen LogP contribution is 2.40. The Morgan fingerprint density at radius 2 is 2.13 bits per heavy atom. The van der Waals surface area contributed by atoms with E-state index in [1.54, 1.807) is 6.33 Å². The van der Waals surface area contributed by atoms with Crippen LogP contribution in [0.25, 0.3) is 11.0 Å². The quantitative estimate of drug-likeness (QED) is 0.824. The first-order valence-corrected chi connectivity index (χ1v) is 11.1. The minimum atomic E-state index is -2.53. The molecule has 8 heteroatoms. The lowest BCUT2D eigenvalue weighted by Gasteiger charge is -2.38. The predicted octanol–water partition coefficient (Wildman–Crippen LogP) is 3.70. The van der Waals surface area contributed by atoms with E-state index in [0.29, 0.717) is 25.4 Å². The number of halogens is 2. The van der Waals surface area contributed by atoms with Crippen molar-refractivity contribution >= 4 is 22.8 Å². The molecule has 1 saturated carbocycles. The molecule has 162 valence electrons. The fourth-order valence-electron chi connectivity index (χ4n) is 5.41. The van der Waals surface area contributed by atoms with Crippen molar-refractivity contribution in [2.24, 2.45) is 5.92 Å². The minimum absolute atomic E-state index is 0.0133. The third-order valence-electron chi connectivity index (χ3n) is 7.04. The number of anilines is 1. The number of carbonyl (C=O) groups is 1. The number of alkyl halides is 2. The van der Waals surface area contributed by atoms with Gasteiger partial charge >= 0.3 is 6.03 Å². The standard InChI is InChI=1S/C22H29F2N5O/c23-22(24)8-6-16(13-22)7-9-25-21(30)29-15-26-20-18(4-1-5-19(20)29)28-12-11-27-10-2-3-17(27)14-28/h1,4-5,15-17H,2-3,6-14H2,(H,25,30). The average Bonchev–Trinajstić information content (AvgIpc) is 3.44. The molecule has 0 spiro atoms. The summed E-state index contributed by atoms with van der Waals surface area (Å²) in [7, 11) is 0. The molecule has 5 rings (SSSR count). The van der Waals surface area contributed by atoms with Crippen molar-refractivity contribution in [1.29, 1.82) is 0 Å². The molecule has 1 N–H and O–H groups in total. The number of piperazine rings is 1. The van der Waals surface area contributed by atoms with Gasteiger partial charge in [0.05, 0.1) is 11.2 Å². The Morgan fingerprint density at radius 3 is 2.97 bits per heavy atom. The Bertz CT molecular complexity index is 929. The highest BCUT2D eigenvalue weighted by molar-refractivity contribution is 5.95. The number of nitrogens with zero attached hydrogens (tertiary/aromatic N) is 4. The van der Waals surface area contributed by atoms with Gasteiger partial charge in [-0.1, -0.05) is 6.07 Å². The maximum Gasteiger partial charge on any atom is 0.327 e. The maximum absolute atomic E-state index is 13.3. The molecule has 1 aromatic carbocycles. The maximum atomic E-state index is 13.3. The summed E-state index contributed by atoms with van der Waals surface area (Å²) < 4.78 is 28.2. The van der Waals surface area contributed by atoms with Crippen molar-refractivity contribution < 1.29 is 13.6 Å². The molecule has 1 aliphatic carbocycles. The molecule has 2 saturated heterocycles. The number of nitrogens with one attached hydrogen (secondary N) is 1. The van der Waals surface area contributed by atoms with Crippen molar-refractivity contribution in [3.05, 3.63) is 24.5 Å². The molecule has 6 nitrogen and oxygen atoms in total. The van der Waals surface area contributed by atoms with Crippen LogP contribution in [0.15, 0.2) is 24.5 Å². The summed E-state index contributed by atoms with van der Waals surface area (Å²) in [6.07, 6.45) is 5.12.